The highest BCUT2D eigenvalue weighted by Crippen LogP contribution is 2.25. The Balaban J connectivity index is 1.59. The Morgan fingerprint density at radius 3 is 2.91 bits per heavy atom. The minimum atomic E-state index is -0.813. The highest BCUT2D eigenvalue weighted by molar-refractivity contribution is 6.04. The Hall–Kier alpha value is -3.08. The molecule has 1 aliphatic rings. The van der Waals surface area contributed by atoms with Crippen LogP contribution >= 0.6 is 0 Å². The van der Waals surface area contributed by atoms with Crippen molar-refractivity contribution in [2.75, 3.05) is 5.32 Å². The van der Waals surface area contributed by atoms with Crippen LogP contribution in [0.3, 0.4) is 0 Å². The summed E-state index contributed by atoms with van der Waals surface area (Å²) in [6.45, 7) is 0. The van der Waals surface area contributed by atoms with Crippen LogP contribution in [0.4, 0.5) is 5.69 Å². The molecule has 1 atom stereocenters. The molecule has 0 spiro atoms. The number of H-pyrrole nitrogens is 1. The van der Waals surface area contributed by atoms with Crippen molar-refractivity contribution < 1.29 is 14.3 Å². The zero-order chi connectivity index (χ0) is 15.8. The lowest BCUT2D eigenvalue weighted by molar-refractivity contribution is -0.125. The Labute approximate surface area is 132 Å². The first-order valence-corrected chi connectivity index (χ1v) is 7.38. The number of hydrogen-bond donors (Lipinski definition) is 2. The Bertz CT molecular complexity index is 913. The summed E-state index contributed by atoms with van der Waals surface area (Å²) in [6, 6.07) is 14.7. The first kappa shape index (κ1) is 13.6. The molecule has 0 fully saturated rings. The van der Waals surface area contributed by atoms with Crippen LogP contribution in [-0.2, 0) is 16.0 Å². The number of rotatable bonds is 2. The summed E-state index contributed by atoms with van der Waals surface area (Å²) in [5.41, 5.74) is 3.01. The van der Waals surface area contributed by atoms with Crippen molar-refractivity contribution in [2.24, 2.45) is 0 Å². The number of aromatic nitrogens is 1. The average Bonchev–Trinajstić information content (AvgIpc) is 3.04. The Morgan fingerprint density at radius 1 is 1.13 bits per heavy atom. The molecule has 2 aromatic carbocycles. The van der Waals surface area contributed by atoms with Gasteiger partial charge in [-0.15, -0.1) is 0 Å². The number of hydrogen-bond acceptors (Lipinski definition) is 3. The standard InChI is InChI=1S/C18H14N2O3/c21-17(20-15-7-3-6-14-13(15)8-9-19-14)16-10-11-4-1-2-5-12(11)18(22)23-16/h1-9,16,19H,10H2,(H,20,21)/t16-/m1/s1. The molecule has 4 rings (SSSR count). The number of nitrogens with one attached hydrogen (secondary N) is 2. The van der Waals surface area contributed by atoms with Gasteiger partial charge in [0.2, 0.25) is 0 Å². The van der Waals surface area contributed by atoms with Crippen molar-refractivity contribution in [3.63, 3.8) is 0 Å². The predicted molar refractivity (Wildman–Crippen MR) is 86.3 cm³/mol. The molecule has 0 bridgehead atoms. The van der Waals surface area contributed by atoms with Gasteiger partial charge in [-0.2, -0.15) is 0 Å². The lowest BCUT2D eigenvalue weighted by Crippen LogP contribution is -2.38. The van der Waals surface area contributed by atoms with Crippen LogP contribution in [0.25, 0.3) is 10.9 Å². The van der Waals surface area contributed by atoms with Crippen molar-refractivity contribution >= 4 is 28.5 Å². The molecule has 1 amide bonds. The molecule has 2 N–H and O–H groups in total. The van der Waals surface area contributed by atoms with E-state index in [0.29, 0.717) is 17.7 Å². The van der Waals surface area contributed by atoms with E-state index in [1.165, 1.54) is 0 Å². The maximum absolute atomic E-state index is 12.5. The van der Waals surface area contributed by atoms with Crippen LogP contribution < -0.4 is 5.32 Å². The number of ether oxygens (including phenoxy) is 1. The molecular weight excluding hydrogens is 292 g/mol. The minimum Gasteiger partial charge on any atom is -0.448 e. The van der Waals surface area contributed by atoms with Crippen LogP contribution in [0, 0.1) is 0 Å². The first-order chi connectivity index (χ1) is 11.2. The smallest absolute Gasteiger partial charge is 0.339 e. The number of carbonyl (C=O) groups is 2. The molecule has 3 aromatic rings. The number of esters is 1. The van der Waals surface area contributed by atoms with E-state index in [2.05, 4.69) is 10.3 Å². The first-order valence-electron chi connectivity index (χ1n) is 7.38. The van der Waals surface area contributed by atoms with E-state index in [4.69, 9.17) is 4.74 Å². The van der Waals surface area contributed by atoms with E-state index in [-0.39, 0.29) is 5.91 Å². The predicted octanol–water partition coefficient (Wildman–Crippen LogP) is 2.89. The number of amides is 1. The van der Waals surface area contributed by atoms with Crippen molar-refractivity contribution in [1.29, 1.82) is 0 Å². The maximum atomic E-state index is 12.5. The second-order valence-electron chi connectivity index (χ2n) is 5.49. The molecular formula is C18H14N2O3. The summed E-state index contributed by atoms with van der Waals surface area (Å²) < 4.78 is 5.28. The molecule has 5 heteroatoms. The third kappa shape index (κ3) is 2.36. The van der Waals surface area contributed by atoms with Gasteiger partial charge >= 0.3 is 5.97 Å². The van der Waals surface area contributed by atoms with Gasteiger partial charge in [0.05, 0.1) is 11.3 Å². The fourth-order valence-electron chi connectivity index (χ4n) is 2.89. The summed E-state index contributed by atoms with van der Waals surface area (Å²) in [7, 11) is 0. The van der Waals surface area contributed by atoms with E-state index in [9.17, 15) is 9.59 Å². The van der Waals surface area contributed by atoms with Gasteiger partial charge in [0.15, 0.2) is 6.10 Å². The summed E-state index contributed by atoms with van der Waals surface area (Å²) in [5, 5.41) is 3.78. The lowest BCUT2D eigenvalue weighted by atomic mass is 9.98. The van der Waals surface area contributed by atoms with Crippen LogP contribution in [0.5, 0.6) is 0 Å². The fraction of sp³-hybridized carbons (Fsp3) is 0.111. The van der Waals surface area contributed by atoms with Crippen LogP contribution in [-0.4, -0.2) is 23.0 Å². The summed E-state index contributed by atoms with van der Waals surface area (Å²) >= 11 is 0. The van der Waals surface area contributed by atoms with Gasteiger partial charge in [0, 0.05) is 23.5 Å². The third-order valence-electron chi connectivity index (χ3n) is 4.04. The second kappa shape index (κ2) is 5.28. The van der Waals surface area contributed by atoms with E-state index in [1.54, 1.807) is 12.1 Å². The normalized spacial score (nSPS) is 16.7. The molecule has 2 heterocycles. The number of aromatic amines is 1. The van der Waals surface area contributed by atoms with E-state index < -0.39 is 12.1 Å². The largest absolute Gasteiger partial charge is 0.448 e. The van der Waals surface area contributed by atoms with E-state index >= 15 is 0 Å². The van der Waals surface area contributed by atoms with Gasteiger partial charge in [-0.1, -0.05) is 24.3 Å². The van der Waals surface area contributed by atoms with Gasteiger partial charge < -0.3 is 15.0 Å². The van der Waals surface area contributed by atoms with Crippen molar-refractivity contribution in [2.45, 2.75) is 12.5 Å². The van der Waals surface area contributed by atoms with Crippen LogP contribution in [0.15, 0.2) is 54.7 Å². The third-order valence-corrected chi connectivity index (χ3v) is 4.04. The summed E-state index contributed by atoms with van der Waals surface area (Å²) in [5.74, 6) is -0.770. The Kier molecular flexibility index (Phi) is 3.12. The van der Waals surface area contributed by atoms with Crippen LogP contribution in [0.1, 0.15) is 15.9 Å². The molecule has 0 saturated heterocycles. The van der Waals surface area contributed by atoms with Gasteiger partial charge in [-0.3, -0.25) is 4.79 Å². The topological polar surface area (TPSA) is 71.2 Å². The molecule has 0 aliphatic carbocycles. The summed E-state index contributed by atoms with van der Waals surface area (Å²) in [4.78, 5) is 27.6. The molecule has 0 radical (unpaired) electrons. The fourth-order valence-corrected chi connectivity index (χ4v) is 2.89. The molecule has 0 saturated carbocycles. The summed E-state index contributed by atoms with van der Waals surface area (Å²) in [6.07, 6.45) is 1.39. The molecule has 114 valence electrons. The van der Waals surface area contributed by atoms with Crippen molar-refractivity contribution in [1.82, 2.24) is 4.98 Å². The number of carbonyl (C=O) groups excluding carboxylic acids is 2. The van der Waals surface area contributed by atoms with E-state index in [0.717, 1.165) is 16.5 Å². The Morgan fingerprint density at radius 2 is 2.00 bits per heavy atom. The van der Waals surface area contributed by atoms with Gasteiger partial charge in [-0.25, -0.2) is 4.79 Å². The average molecular weight is 306 g/mol. The molecule has 0 unspecified atom stereocenters. The zero-order valence-corrected chi connectivity index (χ0v) is 12.2. The minimum absolute atomic E-state index is 0.318. The maximum Gasteiger partial charge on any atom is 0.339 e. The van der Waals surface area contributed by atoms with Gasteiger partial charge in [0.25, 0.3) is 5.91 Å². The molecule has 1 aromatic heterocycles. The number of anilines is 1. The lowest BCUT2D eigenvalue weighted by Gasteiger charge is -2.23. The SMILES string of the molecule is O=C1O[C@@H](C(=O)Nc2cccc3[nH]ccc23)Cc2ccccc21. The highest BCUT2D eigenvalue weighted by Gasteiger charge is 2.31. The van der Waals surface area contributed by atoms with Crippen molar-refractivity contribution in [3.8, 4) is 0 Å². The number of benzene rings is 2. The number of cyclic esters (lactones) is 1. The molecule has 23 heavy (non-hydrogen) atoms. The van der Waals surface area contributed by atoms with Crippen molar-refractivity contribution in [3.05, 3.63) is 65.9 Å². The van der Waals surface area contributed by atoms with Crippen LogP contribution in [0.2, 0.25) is 0 Å². The zero-order valence-electron chi connectivity index (χ0n) is 12.2. The molecule has 1 aliphatic heterocycles. The molecule has 5 nitrogen and oxygen atoms in total. The monoisotopic (exact) mass is 306 g/mol. The highest BCUT2D eigenvalue weighted by atomic mass is 16.5. The van der Waals surface area contributed by atoms with Gasteiger partial charge in [0.1, 0.15) is 0 Å². The van der Waals surface area contributed by atoms with E-state index in [1.807, 2.05) is 42.6 Å². The second-order valence-corrected chi connectivity index (χ2v) is 5.49. The number of fused-ring (bicyclic) bond motifs is 2. The quantitative estimate of drug-likeness (QED) is 0.715. The van der Waals surface area contributed by atoms with Gasteiger partial charge in [-0.05, 0) is 29.8 Å².